The Hall–Kier alpha value is -4.17. The van der Waals surface area contributed by atoms with Crippen LogP contribution in [0, 0.1) is 0 Å². The van der Waals surface area contributed by atoms with E-state index in [0.717, 1.165) is 21.6 Å². The average Bonchev–Trinajstić information content (AvgIpc) is 2.95. The van der Waals surface area contributed by atoms with Crippen LogP contribution >= 0.6 is 0 Å². The predicted octanol–water partition coefficient (Wildman–Crippen LogP) is 6.01. The number of unbranched alkanes of at least 4 members (excludes halogenated alkanes) is 1. The topological polar surface area (TPSA) is 111 Å². The summed E-state index contributed by atoms with van der Waals surface area (Å²) in [6.45, 7) is 5.86. The molecule has 0 saturated heterocycles. The summed E-state index contributed by atoms with van der Waals surface area (Å²) >= 11 is 0. The Labute approximate surface area is 242 Å². The lowest BCUT2D eigenvalue weighted by Crippen LogP contribution is -2.43. The first-order valence-electron chi connectivity index (χ1n) is 14.0. The van der Waals surface area contributed by atoms with Gasteiger partial charge in [-0.15, -0.1) is 0 Å². The van der Waals surface area contributed by atoms with E-state index in [0.29, 0.717) is 25.8 Å². The summed E-state index contributed by atoms with van der Waals surface area (Å²) in [5.74, 6) is -0.405. The second-order valence-corrected chi connectivity index (χ2v) is 10.9. The summed E-state index contributed by atoms with van der Waals surface area (Å²) in [4.78, 5) is 38.9. The number of hydrogen-bond donors (Lipinski definition) is 2. The van der Waals surface area contributed by atoms with Crippen molar-refractivity contribution < 1.29 is 23.9 Å². The highest BCUT2D eigenvalue weighted by Gasteiger charge is 2.28. The van der Waals surface area contributed by atoms with E-state index >= 15 is 0 Å². The fourth-order valence-electron chi connectivity index (χ4n) is 4.39. The van der Waals surface area contributed by atoms with Crippen LogP contribution in [-0.4, -0.2) is 47.7 Å². The van der Waals surface area contributed by atoms with E-state index in [2.05, 4.69) is 29.6 Å². The molecule has 3 aromatic rings. The predicted molar refractivity (Wildman–Crippen MR) is 159 cm³/mol. The smallest absolute Gasteiger partial charge is 0.419 e. The molecule has 0 heterocycles. The quantitative estimate of drug-likeness (QED) is 0.248. The molecule has 0 unspecified atom stereocenters. The number of amides is 3. The number of hydrogen-bond acceptors (Lipinski definition) is 6. The molecule has 3 rings (SSSR count). The average molecular weight is 560 g/mol. The van der Waals surface area contributed by atoms with Crippen LogP contribution in [0.4, 0.5) is 9.59 Å². The number of imide groups is 1. The van der Waals surface area contributed by atoms with E-state index in [1.165, 1.54) is 0 Å². The summed E-state index contributed by atoms with van der Waals surface area (Å²) in [5.41, 5.74) is 8.05. The van der Waals surface area contributed by atoms with Gasteiger partial charge in [-0.3, -0.25) is 4.79 Å². The minimum Gasteiger partial charge on any atom is -0.444 e. The van der Waals surface area contributed by atoms with E-state index < -0.39 is 29.7 Å². The molecular formula is C33H41N3O5. The molecule has 0 saturated carbocycles. The Kier molecular flexibility index (Phi) is 11.9. The molecule has 218 valence electrons. The molecule has 41 heavy (non-hydrogen) atoms. The third-order valence-corrected chi connectivity index (χ3v) is 6.48. The van der Waals surface area contributed by atoms with Gasteiger partial charge in [0.25, 0.3) is 0 Å². The van der Waals surface area contributed by atoms with Crippen molar-refractivity contribution in [2.24, 2.45) is 5.73 Å². The van der Waals surface area contributed by atoms with Crippen LogP contribution in [0.15, 0.2) is 91.0 Å². The number of nitrogens with zero attached hydrogens (tertiary/aromatic N) is 1. The van der Waals surface area contributed by atoms with Gasteiger partial charge in [-0.1, -0.05) is 91.0 Å². The van der Waals surface area contributed by atoms with E-state index in [1.54, 1.807) is 20.8 Å². The van der Waals surface area contributed by atoms with Gasteiger partial charge in [0.05, 0.1) is 6.04 Å². The van der Waals surface area contributed by atoms with Crippen molar-refractivity contribution >= 4 is 18.1 Å². The largest absolute Gasteiger partial charge is 0.444 e. The van der Waals surface area contributed by atoms with Gasteiger partial charge >= 0.3 is 12.2 Å². The number of rotatable bonds is 13. The van der Waals surface area contributed by atoms with Crippen LogP contribution in [0.1, 0.15) is 62.6 Å². The van der Waals surface area contributed by atoms with E-state index in [9.17, 15) is 14.4 Å². The van der Waals surface area contributed by atoms with E-state index in [4.69, 9.17) is 15.2 Å². The standard InChI is InChI=1S/C33H41N3O5/c1-33(2,3)41-32(39)36(31(38)40-24-25-15-7-4-8-16-25)22-14-13-21-29(30(34)37)35-23-28(26-17-9-5-10-18-26)27-19-11-6-12-20-27/h4-12,15-20,28-29,35H,13-14,21-24H2,1-3H3,(H2,34,37)/t29-/m0/s1. The minimum atomic E-state index is -0.777. The number of nitrogens with one attached hydrogen (secondary N) is 1. The first-order valence-corrected chi connectivity index (χ1v) is 14.0. The van der Waals surface area contributed by atoms with Gasteiger partial charge in [0, 0.05) is 19.0 Å². The SMILES string of the molecule is CC(C)(C)OC(=O)N(CCCC[C@H](NCC(c1ccccc1)c1ccccc1)C(N)=O)C(=O)OCc1ccccc1. The molecular weight excluding hydrogens is 518 g/mol. The number of carbonyl (C=O) groups excluding carboxylic acids is 3. The lowest BCUT2D eigenvalue weighted by molar-refractivity contribution is -0.120. The Balaban J connectivity index is 1.58. The molecule has 1 atom stereocenters. The monoisotopic (exact) mass is 559 g/mol. The number of ether oxygens (including phenoxy) is 2. The highest BCUT2D eigenvalue weighted by atomic mass is 16.6. The van der Waals surface area contributed by atoms with Crippen LogP contribution < -0.4 is 11.1 Å². The van der Waals surface area contributed by atoms with Crippen molar-refractivity contribution in [2.45, 2.75) is 64.2 Å². The Morgan fingerprint density at radius 2 is 1.34 bits per heavy atom. The first-order chi connectivity index (χ1) is 19.6. The molecule has 0 spiro atoms. The molecule has 3 N–H and O–H groups in total. The Bertz CT molecular complexity index is 1190. The van der Waals surface area contributed by atoms with Crippen molar-refractivity contribution in [1.29, 1.82) is 0 Å². The van der Waals surface area contributed by atoms with Crippen molar-refractivity contribution in [3.63, 3.8) is 0 Å². The highest BCUT2D eigenvalue weighted by molar-refractivity contribution is 5.88. The normalized spacial score (nSPS) is 12.0. The van der Waals surface area contributed by atoms with Crippen LogP contribution in [-0.2, 0) is 20.9 Å². The first kappa shape index (κ1) is 31.4. The Morgan fingerprint density at radius 1 is 0.805 bits per heavy atom. The van der Waals surface area contributed by atoms with Crippen LogP contribution in [0.5, 0.6) is 0 Å². The summed E-state index contributed by atoms with van der Waals surface area (Å²) in [5, 5.41) is 3.35. The van der Waals surface area contributed by atoms with Crippen LogP contribution in [0.2, 0.25) is 0 Å². The maximum absolute atomic E-state index is 12.8. The fraction of sp³-hybridized carbons (Fsp3) is 0.364. The summed E-state index contributed by atoms with van der Waals surface area (Å²) in [6.07, 6.45) is -0.0959. The van der Waals surface area contributed by atoms with Gasteiger partial charge in [0.1, 0.15) is 12.2 Å². The zero-order valence-electron chi connectivity index (χ0n) is 24.1. The highest BCUT2D eigenvalue weighted by Crippen LogP contribution is 2.24. The van der Waals surface area contributed by atoms with E-state index in [-0.39, 0.29) is 19.1 Å². The van der Waals surface area contributed by atoms with Crippen molar-refractivity contribution in [2.75, 3.05) is 13.1 Å². The maximum Gasteiger partial charge on any atom is 0.419 e. The molecule has 0 radical (unpaired) electrons. The van der Waals surface area contributed by atoms with Gasteiger partial charge < -0.3 is 20.5 Å². The molecule has 8 nitrogen and oxygen atoms in total. The molecule has 8 heteroatoms. The third-order valence-electron chi connectivity index (χ3n) is 6.48. The molecule has 0 aliphatic rings. The van der Waals surface area contributed by atoms with Crippen LogP contribution in [0.3, 0.4) is 0 Å². The number of benzene rings is 3. The molecule has 0 bridgehead atoms. The lowest BCUT2D eigenvalue weighted by Gasteiger charge is -2.26. The lowest BCUT2D eigenvalue weighted by atomic mass is 9.91. The molecule has 0 aliphatic carbocycles. The van der Waals surface area contributed by atoms with Crippen molar-refractivity contribution in [3.05, 3.63) is 108 Å². The van der Waals surface area contributed by atoms with Gasteiger partial charge in [0.15, 0.2) is 0 Å². The zero-order chi connectivity index (χ0) is 29.7. The van der Waals surface area contributed by atoms with Gasteiger partial charge in [0.2, 0.25) is 5.91 Å². The van der Waals surface area contributed by atoms with Crippen molar-refractivity contribution in [3.8, 4) is 0 Å². The fourth-order valence-corrected chi connectivity index (χ4v) is 4.39. The second-order valence-electron chi connectivity index (χ2n) is 10.9. The van der Waals surface area contributed by atoms with Gasteiger partial charge in [-0.25, -0.2) is 14.5 Å². The molecule has 0 aliphatic heterocycles. The summed E-state index contributed by atoms with van der Waals surface area (Å²) in [6, 6.07) is 28.9. The number of primary amides is 1. The zero-order valence-corrected chi connectivity index (χ0v) is 24.1. The maximum atomic E-state index is 12.8. The number of carbonyl (C=O) groups is 3. The number of nitrogens with two attached hydrogens (primary N) is 1. The second kappa shape index (κ2) is 15.6. The molecule has 3 amide bonds. The molecule has 0 fully saturated rings. The minimum absolute atomic E-state index is 0.0383. The van der Waals surface area contributed by atoms with Gasteiger partial charge in [-0.2, -0.15) is 0 Å². The Morgan fingerprint density at radius 3 is 1.85 bits per heavy atom. The van der Waals surface area contributed by atoms with Crippen LogP contribution in [0.25, 0.3) is 0 Å². The summed E-state index contributed by atoms with van der Waals surface area (Å²) < 4.78 is 10.8. The van der Waals surface area contributed by atoms with E-state index in [1.807, 2.05) is 66.7 Å². The molecule has 3 aromatic carbocycles. The van der Waals surface area contributed by atoms with Crippen molar-refractivity contribution in [1.82, 2.24) is 10.2 Å². The summed E-state index contributed by atoms with van der Waals surface area (Å²) in [7, 11) is 0. The van der Waals surface area contributed by atoms with Gasteiger partial charge in [-0.05, 0) is 56.7 Å². The molecule has 0 aromatic heterocycles. The third kappa shape index (κ3) is 10.7.